The Kier molecular flexibility index (Phi) is 5.93. The van der Waals surface area contributed by atoms with Gasteiger partial charge in [0.2, 0.25) is 0 Å². The maximum absolute atomic E-state index is 14.0. The van der Waals surface area contributed by atoms with Crippen LogP contribution in [-0.2, 0) is 0 Å². The molecule has 0 radical (unpaired) electrons. The van der Waals surface area contributed by atoms with Crippen LogP contribution in [0.3, 0.4) is 0 Å². The van der Waals surface area contributed by atoms with Crippen LogP contribution in [0.25, 0.3) is 0 Å². The molecule has 0 aliphatic heterocycles. The summed E-state index contributed by atoms with van der Waals surface area (Å²) in [4.78, 5) is -0.0164. The van der Waals surface area contributed by atoms with E-state index in [9.17, 15) is 4.39 Å². The second-order valence-electron chi connectivity index (χ2n) is 4.40. The van der Waals surface area contributed by atoms with Crippen molar-refractivity contribution in [3.63, 3.8) is 0 Å². The summed E-state index contributed by atoms with van der Waals surface area (Å²) in [6.45, 7) is 4.24. The van der Waals surface area contributed by atoms with E-state index in [4.69, 9.17) is 9.47 Å². The van der Waals surface area contributed by atoms with Gasteiger partial charge in [0.15, 0.2) is 11.5 Å². The zero-order chi connectivity index (χ0) is 13.7. The molecule has 0 N–H and O–H groups in total. The molecule has 4 heteroatoms. The van der Waals surface area contributed by atoms with Crippen molar-refractivity contribution in [3.05, 3.63) is 23.5 Å². The molecule has 2 nitrogen and oxygen atoms in total. The van der Waals surface area contributed by atoms with E-state index in [0.717, 1.165) is 12.8 Å². The van der Waals surface area contributed by atoms with Crippen molar-refractivity contribution >= 4 is 15.9 Å². The third-order valence-electron chi connectivity index (χ3n) is 3.04. The zero-order valence-electron chi connectivity index (χ0n) is 11.3. The maximum atomic E-state index is 14.0. The molecule has 0 spiro atoms. The van der Waals surface area contributed by atoms with Crippen molar-refractivity contribution in [2.75, 3.05) is 14.2 Å². The second-order valence-corrected chi connectivity index (χ2v) is 5.38. The SMILES string of the molecule is CCCC(C)C(Br)c1cc(OC)c(OC)cc1F. The lowest BCUT2D eigenvalue weighted by Crippen LogP contribution is -2.06. The van der Waals surface area contributed by atoms with E-state index in [-0.39, 0.29) is 10.6 Å². The fraction of sp³-hybridized carbons (Fsp3) is 0.571. The molecule has 0 saturated carbocycles. The van der Waals surface area contributed by atoms with Crippen LogP contribution < -0.4 is 9.47 Å². The summed E-state index contributed by atoms with van der Waals surface area (Å²) in [7, 11) is 3.06. The Bertz CT molecular complexity index is 396. The summed E-state index contributed by atoms with van der Waals surface area (Å²) in [5.41, 5.74) is 0.619. The first-order valence-electron chi connectivity index (χ1n) is 6.10. The van der Waals surface area contributed by atoms with E-state index < -0.39 is 0 Å². The van der Waals surface area contributed by atoms with Gasteiger partial charge in [0.25, 0.3) is 0 Å². The molecule has 0 aliphatic rings. The number of hydrogen-bond donors (Lipinski definition) is 0. The Morgan fingerprint density at radius 3 is 2.28 bits per heavy atom. The van der Waals surface area contributed by atoms with Gasteiger partial charge >= 0.3 is 0 Å². The molecule has 102 valence electrons. The molecule has 0 bridgehead atoms. The normalized spacial score (nSPS) is 14.1. The first kappa shape index (κ1) is 15.3. The van der Waals surface area contributed by atoms with Crippen LogP contribution in [0.2, 0.25) is 0 Å². The van der Waals surface area contributed by atoms with Crippen molar-refractivity contribution in [2.24, 2.45) is 5.92 Å². The average molecular weight is 319 g/mol. The second kappa shape index (κ2) is 6.98. The molecule has 0 saturated heterocycles. The summed E-state index contributed by atoms with van der Waals surface area (Å²) in [6, 6.07) is 3.08. The number of alkyl halides is 1. The monoisotopic (exact) mass is 318 g/mol. The fourth-order valence-corrected chi connectivity index (χ4v) is 2.60. The van der Waals surface area contributed by atoms with Crippen LogP contribution in [0.4, 0.5) is 4.39 Å². The molecule has 1 aromatic rings. The summed E-state index contributed by atoms with van der Waals surface area (Å²) >= 11 is 3.58. The minimum atomic E-state index is -0.266. The molecule has 0 aliphatic carbocycles. The Morgan fingerprint density at radius 1 is 1.22 bits per heavy atom. The highest BCUT2D eigenvalue weighted by Crippen LogP contribution is 2.39. The minimum Gasteiger partial charge on any atom is -0.493 e. The molecule has 1 aromatic carbocycles. The van der Waals surface area contributed by atoms with Crippen molar-refractivity contribution in [3.8, 4) is 11.5 Å². The van der Waals surface area contributed by atoms with Gasteiger partial charge in [-0.05, 0) is 18.4 Å². The summed E-state index contributed by atoms with van der Waals surface area (Å²) in [5.74, 6) is 1.07. The zero-order valence-corrected chi connectivity index (χ0v) is 12.9. The van der Waals surface area contributed by atoms with Crippen LogP contribution in [-0.4, -0.2) is 14.2 Å². The van der Waals surface area contributed by atoms with E-state index in [1.54, 1.807) is 13.2 Å². The van der Waals surface area contributed by atoms with Gasteiger partial charge in [0, 0.05) is 16.5 Å². The Labute approximate surface area is 117 Å². The lowest BCUT2D eigenvalue weighted by Gasteiger charge is -2.20. The van der Waals surface area contributed by atoms with E-state index in [1.165, 1.54) is 13.2 Å². The molecule has 1 rings (SSSR count). The van der Waals surface area contributed by atoms with Crippen LogP contribution in [0, 0.1) is 11.7 Å². The average Bonchev–Trinajstić information content (AvgIpc) is 2.37. The van der Waals surface area contributed by atoms with Gasteiger partial charge in [-0.3, -0.25) is 0 Å². The number of hydrogen-bond acceptors (Lipinski definition) is 2. The molecule has 2 unspecified atom stereocenters. The molecule has 2 atom stereocenters. The van der Waals surface area contributed by atoms with E-state index in [2.05, 4.69) is 29.8 Å². The highest BCUT2D eigenvalue weighted by Gasteiger charge is 2.21. The Hall–Kier alpha value is -0.770. The quantitative estimate of drug-likeness (QED) is 0.707. The third-order valence-corrected chi connectivity index (χ3v) is 4.44. The van der Waals surface area contributed by atoms with Gasteiger partial charge in [-0.25, -0.2) is 4.39 Å². The topological polar surface area (TPSA) is 18.5 Å². The fourth-order valence-electron chi connectivity index (χ4n) is 1.99. The first-order chi connectivity index (χ1) is 8.54. The van der Waals surface area contributed by atoms with Crippen molar-refractivity contribution in [1.29, 1.82) is 0 Å². The number of benzene rings is 1. The van der Waals surface area contributed by atoms with E-state index in [0.29, 0.717) is 23.0 Å². The first-order valence-corrected chi connectivity index (χ1v) is 7.02. The van der Waals surface area contributed by atoms with Crippen molar-refractivity contribution in [2.45, 2.75) is 31.5 Å². The molecular weight excluding hydrogens is 299 g/mol. The predicted molar refractivity (Wildman–Crippen MR) is 75.2 cm³/mol. The van der Waals surface area contributed by atoms with Crippen LogP contribution in [0.1, 0.15) is 37.1 Å². The third kappa shape index (κ3) is 3.37. The minimum absolute atomic E-state index is 0.0164. The maximum Gasteiger partial charge on any atom is 0.163 e. The van der Waals surface area contributed by atoms with E-state index >= 15 is 0 Å². The number of rotatable bonds is 6. The highest BCUT2D eigenvalue weighted by molar-refractivity contribution is 9.09. The molecular formula is C14H20BrFO2. The lowest BCUT2D eigenvalue weighted by molar-refractivity contribution is 0.351. The van der Waals surface area contributed by atoms with Crippen molar-refractivity contribution in [1.82, 2.24) is 0 Å². The summed E-state index contributed by atoms with van der Waals surface area (Å²) < 4.78 is 24.3. The summed E-state index contributed by atoms with van der Waals surface area (Å²) in [5, 5.41) is 0. The summed E-state index contributed by atoms with van der Waals surface area (Å²) in [6.07, 6.45) is 2.13. The number of ether oxygens (including phenoxy) is 2. The number of methoxy groups -OCH3 is 2. The Balaban J connectivity index is 3.08. The standard InChI is InChI=1S/C14H20BrFO2/c1-5-6-9(2)14(15)10-7-12(17-3)13(18-4)8-11(10)16/h7-9,14H,5-6H2,1-4H3. The van der Waals surface area contributed by atoms with Gasteiger partial charge in [-0.2, -0.15) is 0 Å². The highest BCUT2D eigenvalue weighted by atomic mass is 79.9. The molecule has 0 aromatic heterocycles. The Morgan fingerprint density at radius 2 is 1.78 bits per heavy atom. The number of halogens is 2. The van der Waals surface area contributed by atoms with E-state index in [1.807, 2.05) is 0 Å². The van der Waals surface area contributed by atoms with Crippen LogP contribution in [0.15, 0.2) is 12.1 Å². The molecule has 0 heterocycles. The predicted octanol–water partition coefficient (Wildman–Crippen LogP) is 4.72. The lowest BCUT2D eigenvalue weighted by atomic mass is 9.96. The smallest absolute Gasteiger partial charge is 0.163 e. The van der Waals surface area contributed by atoms with Gasteiger partial charge in [-0.15, -0.1) is 0 Å². The largest absolute Gasteiger partial charge is 0.493 e. The molecule has 0 fully saturated rings. The molecule has 0 amide bonds. The van der Waals surface area contributed by atoms with Gasteiger partial charge in [0.1, 0.15) is 5.82 Å². The molecule has 18 heavy (non-hydrogen) atoms. The van der Waals surface area contributed by atoms with Gasteiger partial charge in [0.05, 0.1) is 14.2 Å². The van der Waals surface area contributed by atoms with Crippen molar-refractivity contribution < 1.29 is 13.9 Å². The van der Waals surface area contributed by atoms with Crippen LogP contribution >= 0.6 is 15.9 Å². The van der Waals surface area contributed by atoms with Crippen LogP contribution in [0.5, 0.6) is 11.5 Å². The van der Waals surface area contributed by atoms with Gasteiger partial charge < -0.3 is 9.47 Å². The van der Waals surface area contributed by atoms with Gasteiger partial charge in [-0.1, -0.05) is 36.2 Å².